The standard InChI is InChI=1S/C19H21F3N4O3/c1-28-15-5-3-2-4-12(15)14-10-16(19(20,21)22)26-17(24-14)13(11-23-26)18(27)25-6-8-29-9-7-25/h2-5,11,14,16,24H,6-10H2,1H3. The lowest BCUT2D eigenvalue weighted by molar-refractivity contribution is -0.173. The van der Waals surface area contributed by atoms with Crippen molar-refractivity contribution in [2.75, 3.05) is 38.7 Å². The van der Waals surface area contributed by atoms with Gasteiger partial charge in [-0.1, -0.05) is 18.2 Å². The Morgan fingerprint density at radius 3 is 2.69 bits per heavy atom. The van der Waals surface area contributed by atoms with E-state index in [0.717, 1.165) is 4.68 Å². The summed E-state index contributed by atoms with van der Waals surface area (Å²) in [7, 11) is 1.47. The molecule has 0 radical (unpaired) electrons. The number of amides is 1. The highest BCUT2D eigenvalue weighted by Crippen LogP contribution is 2.45. The summed E-state index contributed by atoms with van der Waals surface area (Å²) < 4.78 is 52.9. The number of nitrogens with zero attached hydrogens (tertiary/aromatic N) is 3. The van der Waals surface area contributed by atoms with Crippen LogP contribution in [-0.4, -0.2) is 60.2 Å². The van der Waals surface area contributed by atoms with Crippen molar-refractivity contribution in [1.82, 2.24) is 14.7 Å². The Balaban J connectivity index is 1.73. The molecule has 1 saturated heterocycles. The van der Waals surface area contributed by atoms with Gasteiger partial charge in [0.2, 0.25) is 0 Å². The molecule has 1 aromatic heterocycles. The Kier molecular flexibility index (Phi) is 5.12. The lowest BCUT2D eigenvalue weighted by Gasteiger charge is -2.35. The van der Waals surface area contributed by atoms with E-state index < -0.39 is 18.3 Å². The van der Waals surface area contributed by atoms with Crippen molar-refractivity contribution in [3.63, 3.8) is 0 Å². The molecule has 0 saturated carbocycles. The molecule has 0 bridgehead atoms. The molecule has 29 heavy (non-hydrogen) atoms. The van der Waals surface area contributed by atoms with E-state index in [1.54, 1.807) is 29.2 Å². The number of anilines is 1. The van der Waals surface area contributed by atoms with E-state index in [-0.39, 0.29) is 23.7 Å². The Labute approximate surface area is 165 Å². The molecule has 10 heteroatoms. The van der Waals surface area contributed by atoms with Gasteiger partial charge in [0.25, 0.3) is 5.91 Å². The molecule has 1 N–H and O–H groups in total. The topological polar surface area (TPSA) is 68.6 Å². The van der Waals surface area contributed by atoms with Crippen LogP contribution in [0.5, 0.6) is 5.75 Å². The third kappa shape index (κ3) is 3.64. The fourth-order valence-electron chi connectivity index (χ4n) is 3.81. The van der Waals surface area contributed by atoms with Crippen LogP contribution in [0.2, 0.25) is 0 Å². The number of para-hydroxylation sites is 1. The number of rotatable bonds is 3. The number of alkyl halides is 3. The Hall–Kier alpha value is -2.75. The summed E-state index contributed by atoms with van der Waals surface area (Å²) in [6, 6.07) is 4.39. The largest absolute Gasteiger partial charge is 0.496 e. The second-order valence-electron chi connectivity index (χ2n) is 6.99. The first-order valence-corrected chi connectivity index (χ1v) is 9.31. The molecule has 2 aromatic rings. The maximum atomic E-state index is 13.8. The van der Waals surface area contributed by atoms with Crippen LogP contribution < -0.4 is 10.1 Å². The van der Waals surface area contributed by atoms with Crippen LogP contribution in [0.3, 0.4) is 0 Å². The van der Waals surface area contributed by atoms with Gasteiger partial charge in [0.15, 0.2) is 6.04 Å². The van der Waals surface area contributed by atoms with E-state index in [0.29, 0.717) is 37.6 Å². The number of carbonyl (C=O) groups excluding carboxylic acids is 1. The highest BCUT2D eigenvalue weighted by Gasteiger charge is 2.47. The number of halogens is 3. The summed E-state index contributed by atoms with van der Waals surface area (Å²) in [4.78, 5) is 14.5. The number of fused-ring (bicyclic) bond motifs is 1. The van der Waals surface area contributed by atoms with Gasteiger partial charge in [-0.15, -0.1) is 0 Å². The molecule has 3 heterocycles. The third-order valence-corrected chi connectivity index (χ3v) is 5.28. The first kappa shape index (κ1) is 19.6. The van der Waals surface area contributed by atoms with Crippen molar-refractivity contribution in [2.24, 2.45) is 0 Å². The highest BCUT2D eigenvalue weighted by atomic mass is 19.4. The molecule has 1 fully saturated rings. The van der Waals surface area contributed by atoms with Gasteiger partial charge in [-0.3, -0.25) is 4.79 Å². The van der Waals surface area contributed by atoms with Crippen LogP contribution in [-0.2, 0) is 4.74 Å². The molecular formula is C19H21F3N4O3. The van der Waals surface area contributed by atoms with Crippen molar-refractivity contribution in [1.29, 1.82) is 0 Å². The van der Waals surface area contributed by atoms with Gasteiger partial charge in [0.05, 0.1) is 32.6 Å². The molecule has 7 nitrogen and oxygen atoms in total. The first-order chi connectivity index (χ1) is 13.9. The molecular weight excluding hydrogens is 389 g/mol. The molecule has 2 atom stereocenters. The van der Waals surface area contributed by atoms with Crippen LogP contribution in [0.4, 0.5) is 19.0 Å². The Bertz CT molecular complexity index is 893. The zero-order valence-electron chi connectivity index (χ0n) is 15.8. The SMILES string of the molecule is COc1ccccc1C1CC(C(F)(F)F)n2ncc(C(=O)N3CCOCC3)c2N1. The van der Waals surface area contributed by atoms with E-state index in [4.69, 9.17) is 9.47 Å². The minimum atomic E-state index is -4.51. The summed E-state index contributed by atoms with van der Waals surface area (Å²) in [6.45, 7) is 1.58. The minimum absolute atomic E-state index is 0.0750. The number of aromatic nitrogens is 2. The molecule has 0 aliphatic carbocycles. The summed E-state index contributed by atoms with van der Waals surface area (Å²) in [5, 5.41) is 7.02. The number of methoxy groups -OCH3 is 1. The van der Waals surface area contributed by atoms with Gasteiger partial charge in [-0.05, 0) is 6.07 Å². The van der Waals surface area contributed by atoms with E-state index in [2.05, 4.69) is 10.4 Å². The first-order valence-electron chi connectivity index (χ1n) is 9.31. The zero-order chi connectivity index (χ0) is 20.6. The number of carbonyl (C=O) groups is 1. The van der Waals surface area contributed by atoms with E-state index in [9.17, 15) is 18.0 Å². The predicted molar refractivity (Wildman–Crippen MR) is 98.0 cm³/mol. The number of morpholine rings is 1. The van der Waals surface area contributed by atoms with Crippen molar-refractivity contribution in [3.05, 3.63) is 41.6 Å². The van der Waals surface area contributed by atoms with Crippen LogP contribution in [0, 0.1) is 0 Å². The van der Waals surface area contributed by atoms with Gasteiger partial charge in [-0.25, -0.2) is 4.68 Å². The number of benzene rings is 1. The molecule has 4 rings (SSSR count). The Morgan fingerprint density at radius 2 is 2.00 bits per heavy atom. The number of nitrogens with one attached hydrogen (secondary N) is 1. The van der Waals surface area contributed by atoms with Crippen molar-refractivity contribution < 1.29 is 27.4 Å². The van der Waals surface area contributed by atoms with Gasteiger partial charge < -0.3 is 19.7 Å². The molecule has 2 aliphatic heterocycles. The fraction of sp³-hybridized carbons (Fsp3) is 0.474. The lowest BCUT2D eigenvalue weighted by atomic mass is 9.95. The zero-order valence-corrected chi connectivity index (χ0v) is 15.8. The second-order valence-corrected chi connectivity index (χ2v) is 6.99. The third-order valence-electron chi connectivity index (χ3n) is 5.28. The van der Waals surface area contributed by atoms with Crippen LogP contribution in [0.25, 0.3) is 0 Å². The number of hydrogen-bond acceptors (Lipinski definition) is 5. The van der Waals surface area contributed by atoms with Gasteiger partial charge >= 0.3 is 6.18 Å². The summed E-state index contributed by atoms with van der Waals surface area (Å²) in [5.74, 6) is 0.203. The van der Waals surface area contributed by atoms with Crippen LogP contribution in [0.15, 0.2) is 30.5 Å². The fourth-order valence-corrected chi connectivity index (χ4v) is 3.81. The van der Waals surface area contributed by atoms with Crippen molar-refractivity contribution in [3.8, 4) is 5.75 Å². The second kappa shape index (κ2) is 7.58. The van der Waals surface area contributed by atoms with E-state index in [1.807, 2.05) is 0 Å². The van der Waals surface area contributed by atoms with Gasteiger partial charge in [-0.2, -0.15) is 18.3 Å². The Morgan fingerprint density at radius 1 is 1.28 bits per heavy atom. The van der Waals surface area contributed by atoms with Crippen LogP contribution in [0.1, 0.15) is 34.4 Å². The quantitative estimate of drug-likeness (QED) is 0.843. The average molecular weight is 410 g/mol. The van der Waals surface area contributed by atoms with Crippen LogP contribution >= 0.6 is 0 Å². The van der Waals surface area contributed by atoms with Gasteiger partial charge in [0.1, 0.15) is 17.1 Å². The smallest absolute Gasteiger partial charge is 0.410 e. The predicted octanol–water partition coefficient (Wildman–Crippen LogP) is 3.02. The maximum absolute atomic E-state index is 13.8. The summed E-state index contributed by atoms with van der Waals surface area (Å²) in [6.07, 6.45) is -3.56. The monoisotopic (exact) mass is 410 g/mol. The molecule has 2 unspecified atom stereocenters. The summed E-state index contributed by atoms with van der Waals surface area (Å²) in [5.41, 5.74) is 0.724. The molecule has 156 valence electrons. The minimum Gasteiger partial charge on any atom is -0.496 e. The van der Waals surface area contributed by atoms with Crippen molar-refractivity contribution >= 4 is 11.7 Å². The normalized spacial score (nSPS) is 22.0. The lowest BCUT2D eigenvalue weighted by Crippen LogP contribution is -2.41. The average Bonchev–Trinajstić information content (AvgIpc) is 3.16. The molecule has 1 aromatic carbocycles. The van der Waals surface area contributed by atoms with E-state index in [1.165, 1.54) is 13.3 Å². The number of ether oxygens (including phenoxy) is 2. The van der Waals surface area contributed by atoms with Crippen molar-refractivity contribution in [2.45, 2.75) is 24.7 Å². The molecule has 2 aliphatic rings. The molecule has 1 amide bonds. The highest BCUT2D eigenvalue weighted by molar-refractivity contribution is 5.99. The maximum Gasteiger partial charge on any atom is 0.410 e. The number of hydrogen-bond donors (Lipinski definition) is 1. The molecule has 0 spiro atoms. The summed E-state index contributed by atoms with van der Waals surface area (Å²) >= 11 is 0. The van der Waals surface area contributed by atoms with Gasteiger partial charge in [0, 0.05) is 25.1 Å². The van der Waals surface area contributed by atoms with E-state index >= 15 is 0 Å².